The second-order valence-electron chi connectivity index (χ2n) is 5.01. The van der Waals surface area contributed by atoms with Crippen LogP contribution in [0.15, 0.2) is 30.5 Å². The number of rotatable bonds is 4. The molecule has 0 saturated carbocycles. The van der Waals surface area contributed by atoms with E-state index in [1.807, 2.05) is 18.3 Å². The van der Waals surface area contributed by atoms with Crippen molar-refractivity contribution < 1.29 is 0 Å². The van der Waals surface area contributed by atoms with E-state index in [4.69, 9.17) is 5.73 Å². The van der Waals surface area contributed by atoms with Gasteiger partial charge in [0, 0.05) is 30.4 Å². The highest BCUT2D eigenvalue weighted by atomic mass is 15.1. The molecular formula is C15H21N3. The molecule has 1 aromatic carbocycles. The maximum absolute atomic E-state index is 5.99. The number of hydrogen-bond acceptors (Lipinski definition) is 3. The molecule has 0 saturated heterocycles. The molecule has 0 aliphatic carbocycles. The monoisotopic (exact) mass is 243 g/mol. The topological polar surface area (TPSA) is 42.2 Å². The third-order valence-electron chi connectivity index (χ3n) is 3.09. The maximum atomic E-state index is 5.99. The zero-order valence-electron chi connectivity index (χ0n) is 11.4. The minimum Gasteiger partial charge on any atom is -0.397 e. The van der Waals surface area contributed by atoms with Crippen LogP contribution in [0.2, 0.25) is 0 Å². The van der Waals surface area contributed by atoms with Crippen LogP contribution in [-0.4, -0.2) is 18.1 Å². The highest BCUT2D eigenvalue weighted by Gasteiger charge is 2.11. The molecule has 1 heterocycles. The largest absolute Gasteiger partial charge is 0.397 e. The number of hydrogen-bond donors (Lipinski definition) is 1. The highest BCUT2D eigenvalue weighted by Crippen LogP contribution is 2.28. The lowest BCUT2D eigenvalue weighted by Crippen LogP contribution is -2.27. The number of anilines is 2. The molecule has 0 fully saturated rings. The standard InChI is InChI=1S/C15H21N3/c1-4-18(10-11(2)3)14-8-9-17-15-12(14)6-5-7-13(15)16/h5-9,11H,4,10,16H2,1-3H3. The van der Waals surface area contributed by atoms with Crippen LogP contribution in [0.3, 0.4) is 0 Å². The van der Waals surface area contributed by atoms with Gasteiger partial charge in [-0.1, -0.05) is 26.0 Å². The van der Waals surface area contributed by atoms with Crippen molar-refractivity contribution in [2.75, 3.05) is 23.7 Å². The number of pyridine rings is 1. The number of nitrogens with two attached hydrogens (primary N) is 1. The molecule has 0 amide bonds. The second kappa shape index (κ2) is 5.25. The first-order valence-corrected chi connectivity index (χ1v) is 6.51. The van der Waals surface area contributed by atoms with E-state index in [0.717, 1.165) is 29.7 Å². The molecular weight excluding hydrogens is 222 g/mol. The summed E-state index contributed by atoms with van der Waals surface area (Å²) in [5.41, 5.74) is 8.86. The summed E-state index contributed by atoms with van der Waals surface area (Å²) in [4.78, 5) is 6.77. The van der Waals surface area contributed by atoms with Crippen molar-refractivity contribution in [3.05, 3.63) is 30.5 Å². The van der Waals surface area contributed by atoms with Crippen LogP contribution in [-0.2, 0) is 0 Å². The Hall–Kier alpha value is -1.77. The van der Waals surface area contributed by atoms with E-state index in [9.17, 15) is 0 Å². The predicted molar refractivity (Wildman–Crippen MR) is 78.9 cm³/mol. The lowest BCUT2D eigenvalue weighted by molar-refractivity contribution is 0.620. The molecule has 2 aromatic rings. The summed E-state index contributed by atoms with van der Waals surface area (Å²) in [5.74, 6) is 0.634. The van der Waals surface area contributed by atoms with Gasteiger partial charge in [-0.3, -0.25) is 4.98 Å². The average Bonchev–Trinajstić information content (AvgIpc) is 2.36. The average molecular weight is 243 g/mol. The molecule has 0 atom stereocenters. The highest BCUT2D eigenvalue weighted by molar-refractivity contribution is 5.97. The van der Waals surface area contributed by atoms with Gasteiger partial charge in [-0.25, -0.2) is 0 Å². The summed E-state index contributed by atoms with van der Waals surface area (Å²) < 4.78 is 0. The fourth-order valence-electron chi connectivity index (χ4n) is 2.30. The number of para-hydroxylation sites is 1. The van der Waals surface area contributed by atoms with Crippen molar-refractivity contribution in [3.8, 4) is 0 Å². The maximum Gasteiger partial charge on any atom is 0.0951 e. The molecule has 0 bridgehead atoms. The lowest BCUT2D eigenvalue weighted by Gasteiger charge is -2.26. The summed E-state index contributed by atoms with van der Waals surface area (Å²) in [6, 6.07) is 8.06. The van der Waals surface area contributed by atoms with E-state index in [1.54, 1.807) is 0 Å². The minimum absolute atomic E-state index is 0.634. The van der Waals surface area contributed by atoms with Crippen LogP contribution in [0, 0.1) is 5.92 Å². The first-order valence-electron chi connectivity index (χ1n) is 6.51. The summed E-state index contributed by atoms with van der Waals surface area (Å²) in [6.45, 7) is 8.69. The molecule has 0 spiro atoms. The minimum atomic E-state index is 0.634. The molecule has 3 heteroatoms. The van der Waals surface area contributed by atoms with Gasteiger partial charge >= 0.3 is 0 Å². The predicted octanol–water partition coefficient (Wildman–Crippen LogP) is 3.30. The molecule has 2 N–H and O–H groups in total. The Kier molecular flexibility index (Phi) is 3.70. The summed E-state index contributed by atoms with van der Waals surface area (Å²) in [5, 5.41) is 1.14. The molecule has 1 aromatic heterocycles. The van der Waals surface area contributed by atoms with Gasteiger partial charge < -0.3 is 10.6 Å². The van der Waals surface area contributed by atoms with Crippen LogP contribution >= 0.6 is 0 Å². The summed E-state index contributed by atoms with van der Waals surface area (Å²) in [7, 11) is 0. The van der Waals surface area contributed by atoms with Crippen molar-refractivity contribution in [1.29, 1.82) is 0 Å². The van der Waals surface area contributed by atoms with Crippen molar-refractivity contribution >= 4 is 22.3 Å². The SMILES string of the molecule is CCN(CC(C)C)c1ccnc2c(N)cccc12. The number of aromatic nitrogens is 1. The van der Waals surface area contributed by atoms with Gasteiger partial charge in [-0.15, -0.1) is 0 Å². The lowest BCUT2D eigenvalue weighted by atomic mass is 10.1. The normalized spacial score (nSPS) is 11.1. The molecule has 0 unspecified atom stereocenters. The molecule has 0 radical (unpaired) electrons. The van der Waals surface area contributed by atoms with E-state index in [1.165, 1.54) is 5.69 Å². The number of nitrogens with zero attached hydrogens (tertiary/aromatic N) is 2. The quantitative estimate of drug-likeness (QED) is 0.838. The Labute approximate surface area is 109 Å². The van der Waals surface area contributed by atoms with Crippen molar-refractivity contribution in [1.82, 2.24) is 4.98 Å². The molecule has 3 nitrogen and oxygen atoms in total. The van der Waals surface area contributed by atoms with Crippen LogP contribution in [0.5, 0.6) is 0 Å². The smallest absolute Gasteiger partial charge is 0.0951 e. The number of fused-ring (bicyclic) bond motifs is 1. The van der Waals surface area contributed by atoms with Gasteiger partial charge in [0.25, 0.3) is 0 Å². The fourth-order valence-corrected chi connectivity index (χ4v) is 2.30. The molecule has 96 valence electrons. The van der Waals surface area contributed by atoms with Crippen LogP contribution < -0.4 is 10.6 Å². The van der Waals surface area contributed by atoms with Crippen LogP contribution in [0.25, 0.3) is 10.9 Å². The van der Waals surface area contributed by atoms with Crippen LogP contribution in [0.1, 0.15) is 20.8 Å². The Morgan fingerprint density at radius 3 is 2.72 bits per heavy atom. The zero-order valence-corrected chi connectivity index (χ0v) is 11.4. The Morgan fingerprint density at radius 2 is 2.06 bits per heavy atom. The van der Waals surface area contributed by atoms with E-state index < -0.39 is 0 Å². The number of benzene rings is 1. The Bertz CT molecular complexity index is 534. The number of nitrogen functional groups attached to an aromatic ring is 1. The Balaban J connectivity index is 2.53. The third kappa shape index (κ3) is 2.40. The summed E-state index contributed by atoms with van der Waals surface area (Å²) in [6.07, 6.45) is 1.84. The first-order chi connectivity index (χ1) is 8.63. The van der Waals surface area contributed by atoms with Gasteiger partial charge in [0.2, 0.25) is 0 Å². The van der Waals surface area contributed by atoms with Gasteiger partial charge in [-0.2, -0.15) is 0 Å². The fraction of sp³-hybridized carbons (Fsp3) is 0.400. The van der Waals surface area contributed by atoms with E-state index in [2.05, 4.69) is 42.8 Å². The van der Waals surface area contributed by atoms with Gasteiger partial charge in [0.15, 0.2) is 0 Å². The molecule has 2 rings (SSSR count). The van der Waals surface area contributed by atoms with Crippen molar-refractivity contribution in [2.45, 2.75) is 20.8 Å². The van der Waals surface area contributed by atoms with Gasteiger partial charge in [0.1, 0.15) is 0 Å². The van der Waals surface area contributed by atoms with Crippen molar-refractivity contribution in [2.24, 2.45) is 5.92 Å². The van der Waals surface area contributed by atoms with E-state index in [-0.39, 0.29) is 0 Å². The molecule has 0 aliphatic rings. The van der Waals surface area contributed by atoms with E-state index >= 15 is 0 Å². The van der Waals surface area contributed by atoms with Crippen molar-refractivity contribution in [3.63, 3.8) is 0 Å². The Morgan fingerprint density at radius 1 is 1.28 bits per heavy atom. The van der Waals surface area contributed by atoms with Crippen LogP contribution in [0.4, 0.5) is 11.4 Å². The van der Waals surface area contributed by atoms with Gasteiger partial charge in [0.05, 0.1) is 11.2 Å². The molecule has 0 aliphatic heterocycles. The first kappa shape index (κ1) is 12.7. The van der Waals surface area contributed by atoms with E-state index in [0.29, 0.717) is 5.92 Å². The second-order valence-corrected chi connectivity index (χ2v) is 5.01. The van der Waals surface area contributed by atoms with Gasteiger partial charge in [-0.05, 0) is 25.0 Å². The zero-order chi connectivity index (χ0) is 13.1. The summed E-state index contributed by atoms with van der Waals surface area (Å²) >= 11 is 0. The third-order valence-corrected chi connectivity index (χ3v) is 3.09. The molecule has 18 heavy (non-hydrogen) atoms.